The van der Waals surface area contributed by atoms with Gasteiger partial charge in [0.05, 0.1) is 6.26 Å². The summed E-state index contributed by atoms with van der Waals surface area (Å²) in [4.78, 5) is 6.96. The highest BCUT2D eigenvalue weighted by atomic mass is 32.2. The number of rotatable bonds is 7. The molecule has 8 heteroatoms. The van der Waals surface area contributed by atoms with Gasteiger partial charge in [0, 0.05) is 18.8 Å². The number of oxazole rings is 1. The van der Waals surface area contributed by atoms with Gasteiger partial charge in [-0.15, -0.1) is 0 Å². The average molecular weight is 433 g/mol. The number of hydrogen-bond donors (Lipinski definition) is 0. The first-order valence-electron chi connectivity index (χ1n) is 9.68. The van der Waals surface area contributed by atoms with Crippen molar-refractivity contribution in [3.05, 3.63) is 53.6 Å². The Morgan fingerprint density at radius 1 is 1.14 bits per heavy atom. The Bertz CT molecular complexity index is 1060. The van der Waals surface area contributed by atoms with Gasteiger partial charge in [-0.3, -0.25) is 0 Å². The predicted molar refractivity (Wildman–Crippen MR) is 115 cm³/mol. The van der Waals surface area contributed by atoms with Crippen LogP contribution in [0.25, 0.3) is 11.1 Å². The van der Waals surface area contributed by atoms with E-state index in [1.165, 1.54) is 11.1 Å². The highest BCUT2D eigenvalue weighted by Crippen LogP contribution is 2.25. The Balaban J connectivity index is 1.26. The number of thioether (sulfide) groups is 1. The Morgan fingerprint density at radius 2 is 1.93 bits per heavy atom. The smallest absolute Gasteiger partial charge is 0.306 e. The van der Waals surface area contributed by atoms with Crippen molar-refractivity contribution in [2.75, 3.05) is 31.6 Å². The zero-order valence-electron chi connectivity index (χ0n) is 16.3. The third-order valence-corrected chi connectivity index (χ3v) is 6.35. The molecule has 0 bridgehead atoms. The van der Waals surface area contributed by atoms with Gasteiger partial charge in [-0.1, -0.05) is 30.0 Å². The number of fused-ring (bicyclic) bond motifs is 2. The quantitative estimate of drug-likeness (QED) is 0.320. The fraction of sp³-hybridized carbons (Fsp3) is 0.381. The summed E-state index contributed by atoms with van der Waals surface area (Å²) in [6.45, 7) is 2.99. The van der Waals surface area contributed by atoms with Gasteiger partial charge in [0.25, 0.3) is 5.22 Å². The summed E-state index contributed by atoms with van der Waals surface area (Å²) in [6.07, 6.45) is 3.99. The largest absolute Gasteiger partial charge is 0.431 e. The lowest BCUT2D eigenvalue weighted by Gasteiger charge is -2.19. The van der Waals surface area contributed by atoms with Gasteiger partial charge in [-0.2, -0.15) is 8.42 Å². The summed E-state index contributed by atoms with van der Waals surface area (Å²) in [5.74, 6) is 1.36. The molecule has 0 saturated heterocycles. The monoisotopic (exact) mass is 432 g/mol. The second kappa shape index (κ2) is 8.77. The van der Waals surface area contributed by atoms with Gasteiger partial charge in [0.15, 0.2) is 5.58 Å². The lowest BCUT2D eigenvalue weighted by Crippen LogP contribution is -2.27. The van der Waals surface area contributed by atoms with Crippen LogP contribution in [0.1, 0.15) is 17.5 Å². The lowest BCUT2D eigenvalue weighted by molar-refractivity contribution is 0.289. The summed E-state index contributed by atoms with van der Waals surface area (Å²) < 4.78 is 33.5. The van der Waals surface area contributed by atoms with Gasteiger partial charge in [-0.25, -0.2) is 4.98 Å². The minimum absolute atomic E-state index is 0.398. The Hall–Kier alpha value is -2.03. The minimum Gasteiger partial charge on any atom is -0.431 e. The van der Waals surface area contributed by atoms with Crippen molar-refractivity contribution in [3.63, 3.8) is 0 Å². The van der Waals surface area contributed by atoms with Gasteiger partial charge < -0.3 is 13.5 Å². The van der Waals surface area contributed by atoms with E-state index in [9.17, 15) is 8.42 Å². The molecule has 154 valence electrons. The molecule has 0 atom stereocenters. The molecule has 0 fully saturated rings. The van der Waals surface area contributed by atoms with Gasteiger partial charge in [-0.05, 0) is 61.2 Å². The number of benzene rings is 2. The van der Waals surface area contributed by atoms with E-state index in [1.807, 2.05) is 36.4 Å². The lowest BCUT2D eigenvalue weighted by atomic mass is 10.0. The fourth-order valence-corrected chi connectivity index (χ4v) is 4.77. The highest BCUT2D eigenvalue weighted by Gasteiger charge is 2.16. The molecule has 1 aliphatic heterocycles. The van der Waals surface area contributed by atoms with Crippen molar-refractivity contribution in [1.82, 2.24) is 9.88 Å². The van der Waals surface area contributed by atoms with Gasteiger partial charge in [0.1, 0.15) is 11.3 Å². The van der Waals surface area contributed by atoms with Crippen LogP contribution in [-0.2, 0) is 23.0 Å². The Kier molecular flexibility index (Phi) is 6.12. The molecule has 0 radical (unpaired) electrons. The first kappa shape index (κ1) is 20.3. The van der Waals surface area contributed by atoms with Crippen molar-refractivity contribution in [1.29, 1.82) is 0 Å². The van der Waals surface area contributed by atoms with E-state index in [4.69, 9.17) is 8.60 Å². The standard InChI is InChI=1S/C21H24N2O4S2/c1-29(24,25)27-18-8-7-16-9-12-23(13-10-17(16)15-18)11-4-14-28-21-22-19-5-2-3-6-20(19)26-21/h2-3,5-8,15H,4,9-14H2,1H3. The molecule has 0 amide bonds. The van der Waals surface area contributed by atoms with Crippen LogP contribution in [-0.4, -0.2) is 49.9 Å². The van der Waals surface area contributed by atoms with Crippen LogP contribution in [0.3, 0.4) is 0 Å². The first-order chi connectivity index (χ1) is 14.0. The molecule has 29 heavy (non-hydrogen) atoms. The van der Waals surface area contributed by atoms with E-state index in [0.29, 0.717) is 5.75 Å². The maximum Gasteiger partial charge on any atom is 0.306 e. The molecule has 2 heterocycles. The molecule has 0 saturated carbocycles. The molecule has 3 aromatic rings. The topological polar surface area (TPSA) is 72.6 Å². The second-order valence-electron chi connectivity index (χ2n) is 7.21. The highest BCUT2D eigenvalue weighted by molar-refractivity contribution is 7.99. The molecule has 6 nitrogen and oxygen atoms in total. The number of nitrogens with zero attached hydrogens (tertiary/aromatic N) is 2. The summed E-state index contributed by atoms with van der Waals surface area (Å²) in [5.41, 5.74) is 4.18. The summed E-state index contributed by atoms with van der Waals surface area (Å²) in [5, 5.41) is 0.730. The number of hydrogen-bond acceptors (Lipinski definition) is 7. The van der Waals surface area contributed by atoms with Crippen LogP contribution in [0, 0.1) is 0 Å². The summed E-state index contributed by atoms with van der Waals surface area (Å²) in [6, 6.07) is 13.4. The molecule has 0 N–H and O–H groups in total. The third-order valence-electron chi connectivity index (χ3n) is 4.94. The van der Waals surface area contributed by atoms with Gasteiger partial charge in [0.2, 0.25) is 0 Å². The molecular formula is C21H24N2O4S2. The Morgan fingerprint density at radius 3 is 2.72 bits per heavy atom. The average Bonchev–Trinajstić information content (AvgIpc) is 2.98. The van der Waals surface area contributed by atoms with Crippen LogP contribution in [0.5, 0.6) is 5.75 Å². The molecular weight excluding hydrogens is 408 g/mol. The van der Waals surface area contributed by atoms with Crippen LogP contribution in [0.15, 0.2) is 52.1 Å². The van der Waals surface area contributed by atoms with Gasteiger partial charge >= 0.3 is 10.1 Å². The number of para-hydroxylation sites is 2. The van der Waals surface area contributed by atoms with Crippen LogP contribution >= 0.6 is 11.8 Å². The van der Waals surface area contributed by atoms with E-state index in [-0.39, 0.29) is 0 Å². The molecule has 0 aliphatic carbocycles. The van der Waals surface area contributed by atoms with Crippen LogP contribution in [0.4, 0.5) is 0 Å². The van der Waals surface area contributed by atoms with Crippen molar-refractivity contribution in [2.45, 2.75) is 24.5 Å². The normalized spacial score (nSPS) is 15.2. The second-order valence-corrected chi connectivity index (χ2v) is 9.83. The Labute approximate surface area is 175 Å². The molecule has 1 aliphatic rings. The SMILES string of the molecule is CS(=O)(=O)Oc1ccc2c(c1)CCN(CCCSc1nc3ccccc3o1)CC2. The van der Waals surface area contributed by atoms with Crippen molar-refractivity contribution >= 4 is 33.0 Å². The zero-order valence-corrected chi connectivity index (χ0v) is 18.0. The van der Waals surface area contributed by atoms with E-state index < -0.39 is 10.1 Å². The fourth-order valence-electron chi connectivity index (χ4n) is 3.56. The minimum atomic E-state index is -3.50. The van der Waals surface area contributed by atoms with E-state index in [1.54, 1.807) is 17.8 Å². The van der Waals surface area contributed by atoms with Crippen molar-refractivity contribution < 1.29 is 17.0 Å². The van der Waals surface area contributed by atoms with E-state index in [0.717, 1.165) is 67.2 Å². The third kappa shape index (κ3) is 5.52. The van der Waals surface area contributed by atoms with Crippen molar-refractivity contribution in [2.24, 2.45) is 0 Å². The van der Waals surface area contributed by atoms with E-state index in [2.05, 4.69) is 9.88 Å². The predicted octanol–water partition coefficient (Wildman–Crippen LogP) is 3.75. The molecule has 4 rings (SSSR count). The maximum absolute atomic E-state index is 11.3. The first-order valence-corrected chi connectivity index (χ1v) is 12.5. The summed E-state index contributed by atoms with van der Waals surface area (Å²) in [7, 11) is -3.50. The molecule has 1 aromatic heterocycles. The number of aromatic nitrogens is 1. The molecule has 0 spiro atoms. The molecule has 2 aromatic carbocycles. The summed E-state index contributed by atoms with van der Waals surface area (Å²) >= 11 is 1.66. The van der Waals surface area contributed by atoms with Crippen molar-refractivity contribution in [3.8, 4) is 5.75 Å². The van der Waals surface area contributed by atoms with Crippen LogP contribution < -0.4 is 4.18 Å². The maximum atomic E-state index is 11.3. The van der Waals surface area contributed by atoms with Crippen LogP contribution in [0.2, 0.25) is 0 Å². The zero-order chi connectivity index (χ0) is 20.3. The molecule has 0 unspecified atom stereocenters. The van der Waals surface area contributed by atoms with E-state index >= 15 is 0 Å².